The van der Waals surface area contributed by atoms with Crippen LogP contribution in [0.3, 0.4) is 0 Å². The maximum absolute atomic E-state index is 2.45. The molecule has 0 radical (unpaired) electrons. The number of rotatable bonds is 2. The fraction of sp³-hybridized carbons (Fsp3) is 0. The number of hydrogen-bond acceptors (Lipinski definition) is 1. The van der Waals surface area contributed by atoms with Crippen LogP contribution >= 0.6 is 0 Å². The van der Waals surface area contributed by atoms with E-state index in [1.54, 1.807) is 0 Å². The molecule has 0 aromatic heterocycles. The summed E-state index contributed by atoms with van der Waals surface area (Å²) >= 11 is 0. The summed E-state index contributed by atoms with van der Waals surface area (Å²) in [5, 5.41) is 0. The molecule has 1 nitrogen and oxygen atoms in total. The lowest BCUT2D eigenvalue weighted by Crippen LogP contribution is -2.54. The topological polar surface area (TPSA) is 3.24 Å². The first-order valence-electron chi connectivity index (χ1n) is 11.2. The molecule has 0 amide bonds. The van der Waals surface area contributed by atoms with E-state index in [0.29, 0.717) is 0 Å². The Balaban J connectivity index is 1.55. The Morgan fingerprint density at radius 2 is 1.19 bits per heavy atom. The number of anilines is 3. The largest absolute Gasteiger partial charge is 0.311 e. The van der Waals surface area contributed by atoms with E-state index >= 15 is 0 Å². The zero-order chi connectivity index (χ0) is 21.1. The van der Waals surface area contributed by atoms with Gasteiger partial charge >= 0.3 is 0 Å². The van der Waals surface area contributed by atoms with E-state index in [4.69, 9.17) is 0 Å². The van der Waals surface area contributed by atoms with Crippen molar-refractivity contribution < 1.29 is 0 Å². The first-order chi connectivity index (χ1) is 15.9. The van der Waals surface area contributed by atoms with E-state index in [1.165, 1.54) is 55.7 Å². The molecule has 5 aromatic carbocycles. The van der Waals surface area contributed by atoms with Crippen LogP contribution in [0.15, 0.2) is 121 Å². The van der Waals surface area contributed by atoms with Gasteiger partial charge in [-0.15, -0.1) is 0 Å². The van der Waals surface area contributed by atoms with Gasteiger partial charge < -0.3 is 4.90 Å². The third kappa shape index (κ3) is 2.41. The van der Waals surface area contributed by atoms with Gasteiger partial charge in [0.05, 0.1) is 0 Å². The maximum atomic E-state index is 2.45. The summed E-state index contributed by atoms with van der Waals surface area (Å²) < 4.78 is 0. The van der Waals surface area contributed by atoms with Gasteiger partial charge in [0.1, 0.15) is 0 Å². The fourth-order valence-electron chi connectivity index (χ4n) is 5.54. The Labute approximate surface area is 188 Å². The van der Waals surface area contributed by atoms with Crippen LogP contribution in [0.4, 0.5) is 17.1 Å². The SMILES string of the molecule is c1ccc(-c2ccc3c(c2)N(c2ccccc2)c2cccc4c2B3c2ccccc2-4)cc1. The second kappa shape index (κ2) is 6.73. The molecule has 2 heterocycles. The van der Waals surface area contributed by atoms with Gasteiger partial charge in [0, 0.05) is 17.1 Å². The molecular weight excluding hydrogens is 385 g/mol. The van der Waals surface area contributed by atoms with Gasteiger partial charge in [-0.1, -0.05) is 103 Å². The predicted molar refractivity (Wildman–Crippen MR) is 137 cm³/mol. The van der Waals surface area contributed by atoms with E-state index in [0.717, 1.165) is 0 Å². The minimum Gasteiger partial charge on any atom is -0.311 e. The summed E-state index contributed by atoms with van der Waals surface area (Å²) in [6.07, 6.45) is 0. The molecule has 0 aliphatic carbocycles. The molecule has 2 aliphatic rings. The van der Waals surface area contributed by atoms with Gasteiger partial charge in [-0.3, -0.25) is 0 Å². The Hall–Kier alpha value is -4.04. The monoisotopic (exact) mass is 405 g/mol. The first-order valence-corrected chi connectivity index (χ1v) is 11.2. The van der Waals surface area contributed by atoms with Gasteiger partial charge in [-0.25, -0.2) is 0 Å². The smallest absolute Gasteiger partial charge is 0.248 e. The molecule has 7 rings (SSSR count). The van der Waals surface area contributed by atoms with Crippen molar-refractivity contribution in [1.82, 2.24) is 0 Å². The molecule has 148 valence electrons. The van der Waals surface area contributed by atoms with Crippen molar-refractivity contribution in [3.05, 3.63) is 121 Å². The van der Waals surface area contributed by atoms with Crippen LogP contribution in [0.5, 0.6) is 0 Å². The highest BCUT2D eigenvalue weighted by Gasteiger charge is 2.42. The van der Waals surface area contributed by atoms with E-state index in [2.05, 4.69) is 126 Å². The summed E-state index contributed by atoms with van der Waals surface area (Å²) in [7, 11) is 0. The van der Waals surface area contributed by atoms with Crippen molar-refractivity contribution in [2.24, 2.45) is 0 Å². The molecule has 0 fully saturated rings. The lowest BCUT2D eigenvalue weighted by Gasteiger charge is -2.36. The predicted octanol–water partition coefficient (Wildman–Crippen LogP) is 5.63. The molecular formula is C30H20BN. The van der Waals surface area contributed by atoms with Crippen molar-refractivity contribution in [3.63, 3.8) is 0 Å². The molecule has 0 atom stereocenters. The number of benzene rings is 5. The van der Waals surface area contributed by atoms with Crippen LogP contribution in [-0.2, 0) is 0 Å². The van der Waals surface area contributed by atoms with Crippen molar-refractivity contribution in [2.75, 3.05) is 4.90 Å². The normalized spacial score (nSPS) is 12.9. The Morgan fingerprint density at radius 1 is 0.469 bits per heavy atom. The molecule has 0 bridgehead atoms. The van der Waals surface area contributed by atoms with Crippen LogP contribution in [-0.4, -0.2) is 6.71 Å². The van der Waals surface area contributed by atoms with E-state index in [-0.39, 0.29) is 6.71 Å². The molecule has 0 N–H and O–H groups in total. The van der Waals surface area contributed by atoms with E-state index in [9.17, 15) is 0 Å². The van der Waals surface area contributed by atoms with Gasteiger partial charge in [-0.05, 0) is 57.4 Å². The van der Waals surface area contributed by atoms with Crippen LogP contribution in [0.1, 0.15) is 0 Å². The van der Waals surface area contributed by atoms with Crippen LogP contribution in [0.2, 0.25) is 0 Å². The lowest BCUT2D eigenvalue weighted by atomic mass is 9.37. The first kappa shape index (κ1) is 17.6. The summed E-state index contributed by atoms with van der Waals surface area (Å²) in [5.74, 6) is 0. The number of para-hydroxylation sites is 1. The molecule has 2 heteroatoms. The second-order valence-electron chi connectivity index (χ2n) is 8.57. The van der Waals surface area contributed by atoms with E-state index < -0.39 is 0 Å². The van der Waals surface area contributed by atoms with Gasteiger partial charge in [0.25, 0.3) is 0 Å². The molecule has 5 aromatic rings. The molecule has 0 saturated carbocycles. The molecule has 0 saturated heterocycles. The van der Waals surface area contributed by atoms with Crippen molar-refractivity contribution >= 4 is 40.2 Å². The molecule has 0 spiro atoms. The molecule has 2 aliphatic heterocycles. The average Bonchev–Trinajstić information content (AvgIpc) is 3.21. The highest BCUT2D eigenvalue weighted by atomic mass is 15.1. The minimum atomic E-state index is 0.275. The Bertz CT molecular complexity index is 1470. The van der Waals surface area contributed by atoms with Crippen LogP contribution in [0, 0.1) is 0 Å². The van der Waals surface area contributed by atoms with Crippen molar-refractivity contribution in [1.29, 1.82) is 0 Å². The Morgan fingerprint density at radius 3 is 2.03 bits per heavy atom. The number of fused-ring (bicyclic) bond motifs is 5. The van der Waals surface area contributed by atoms with Gasteiger partial charge in [0.15, 0.2) is 0 Å². The number of nitrogens with zero attached hydrogens (tertiary/aromatic N) is 1. The quantitative estimate of drug-likeness (QED) is 0.337. The van der Waals surface area contributed by atoms with Crippen molar-refractivity contribution in [3.8, 4) is 22.3 Å². The second-order valence-corrected chi connectivity index (χ2v) is 8.57. The molecule has 0 unspecified atom stereocenters. The van der Waals surface area contributed by atoms with Crippen LogP contribution in [0.25, 0.3) is 22.3 Å². The third-order valence-electron chi connectivity index (χ3n) is 6.88. The Kier molecular flexibility index (Phi) is 3.71. The average molecular weight is 405 g/mol. The number of hydrogen-bond donors (Lipinski definition) is 0. The third-order valence-corrected chi connectivity index (χ3v) is 6.88. The van der Waals surface area contributed by atoms with Gasteiger partial charge in [-0.2, -0.15) is 0 Å². The lowest BCUT2D eigenvalue weighted by molar-refractivity contribution is 1.30. The summed E-state index contributed by atoms with van der Waals surface area (Å²) in [5.41, 5.74) is 13.2. The fourth-order valence-corrected chi connectivity index (χ4v) is 5.54. The van der Waals surface area contributed by atoms with Crippen molar-refractivity contribution in [2.45, 2.75) is 0 Å². The highest BCUT2D eigenvalue weighted by Crippen LogP contribution is 2.41. The molecule has 32 heavy (non-hydrogen) atoms. The van der Waals surface area contributed by atoms with Crippen LogP contribution < -0.4 is 21.3 Å². The summed E-state index contributed by atoms with van der Waals surface area (Å²) in [4.78, 5) is 2.45. The van der Waals surface area contributed by atoms with Gasteiger partial charge in [0.2, 0.25) is 6.71 Å². The zero-order valence-electron chi connectivity index (χ0n) is 17.6. The zero-order valence-corrected chi connectivity index (χ0v) is 17.6. The highest BCUT2D eigenvalue weighted by molar-refractivity contribution is 7.01. The summed E-state index contributed by atoms with van der Waals surface area (Å²) in [6, 6.07) is 44.1. The standard InChI is InChI=1S/C30H20BN/c1-3-10-21(11-4-1)22-18-19-27-29(20-22)32(23-12-5-2-6-13-23)28-17-9-15-25-24-14-7-8-16-26(24)31(27)30(25)28/h1-20H. The van der Waals surface area contributed by atoms with E-state index in [1.807, 2.05) is 0 Å². The minimum absolute atomic E-state index is 0.275. The summed E-state index contributed by atoms with van der Waals surface area (Å²) in [6.45, 7) is 0.275. The maximum Gasteiger partial charge on any atom is 0.248 e.